The van der Waals surface area contributed by atoms with Crippen LogP contribution in [0.2, 0.25) is 5.15 Å². The molecule has 0 aliphatic heterocycles. The van der Waals surface area contributed by atoms with Gasteiger partial charge in [-0.1, -0.05) is 0 Å². The first-order valence-corrected chi connectivity index (χ1v) is 8.16. The Labute approximate surface area is 113 Å². The van der Waals surface area contributed by atoms with Crippen LogP contribution >= 0.6 is 11.6 Å². The maximum atomic E-state index is 6.08. The fraction of sp³-hybridized carbons (Fsp3) is 0.231. The fourth-order valence-corrected chi connectivity index (χ4v) is 4.36. The van der Waals surface area contributed by atoms with E-state index in [2.05, 4.69) is 41.2 Å². The summed E-state index contributed by atoms with van der Waals surface area (Å²) >= 11 is 6.10. The standard InChI is InChI=1S/C13H13AsClN2/c1-2-11-12(16-9-17-13(11)15)14-8-10-6-4-3-5-7-10/h3-7,9H,2,8H2,1H3. The first kappa shape index (κ1) is 12.6. The van der Waals surface area contributed by atoms with Gasteiger partial charge in [-0.3, -0.25) is 0 Å². The van der Waals surface area contributed by atoms with Crippen molar-refractivity contribution >= 4 is 31.8 Å². The molecule has 1 aromatic heterocycles. The summed E-state index contributed by atoms with van der Waals surface area (Å²) in [5.74, 6) is 0. The van der Waals surface area contributed by atoms with E-state index in [0.29, 0.717) is 5.15 Å². The van der Waals surface area contributed by atoms with Crippen LogP contribution in [0.25, 0.3) is 0 Å². The predicted octanol–water partition coefficient (Wildman–Crippen LogP) is 2.22. The van der Waals surface area contributed by atoms with Crippen LogP contribution in [0.5, 0.6) is 0 Å². The van der Waals surface area contributed by atoms with Crippen molar-refractivity contribution in [1.82, 2.24) is 9.97 Å². The van der Waals surface area contributed by atoms with Gasteiger partial charge in [-0.25, -0.2) is 0 Å². The van der Waals surface area contributed by atoms with E-state index in [1.54, 1.807) is 6.33 Å². The average Bonchev–Trinajstić information content (AvgIpc) is 2.37. The summed E-state index contributed by atoms with van der Waals surface area (Å²) in [4.78, 5) is 8.41. The Balaban J connectivity index is 2.12. The summed E-state index contributed by atoms with van der Waals surface area (Å²) in [6.45, 7) is 2.09. The number of rotatable bonds is 4. The summed E-state index contributed by atoms with van der Waals surface area (Å²) in [6, 6.07) is 10.5. The van der Waals surface area contributed by atoms with Gasteiger partial charge in [-0.15, -0.1) is 0 Å². The van der Waals surface area contributed by atoms with Crippen LogP contribution in [0, 0.1) is 0 Å². The fourth-order valence-electron chi connectivity index (χ4n) is 1.57. The maximum absolute atomic E-state index is 6.08. The normalized spacial score (nSPS) is 11.2. The zero-order valence-electron chi connectivity index (χ0n) is 9.60. The summed E-state index contributed by atoms with van der Waals surface area (Å²) in [6.07, 6.45) is 2.47. The zero-order valence-corrected chi connectivity index (χ0v) is 12.2. The quantitative estimate of drug-likeness (QED) is 0.639. The van der Waals surface area contributed by atoms with Gasteiger partial charge in [0.1, 0.15) is 0 Å². The Morgan fingerprint density at radius 3 is 2.65 bits per heavy atom. The van der Waals surface area contributed by atoms with Gasteiger partial charge in [0.25, 0.3) is 0 Å². The van der Waals surface area contributed by atoms with Crippen LogP contribution in [0.4, 0.5) is 0 Å². The third-order valence-electron chi connectivity index (χ3n) is 2.48. The Morgan fingerprint density at radius 1 is 1.18 bits per heavy atom. The van der Waals surface area contributed by atoms with Crippen molar-refractivity contribution in [2.75, 3.05) is 0 Å². The van der Waals surface area contributed by atoms with Crippen LogP contribution in [0.1, 0.15) is 18.1 Å². The topological polar surface area (TPSA) is 25.8 Å². The summed E-state index contributed by atoms with van der Waals surface area (Å²) in [7, 11) is 0. The monoisotopic (exact) mass is 307 g/mol. The molecule has 1 heterocycles. The Bertz CT molecular complexity index is 488. The van der Waals surface area contributed by atoms with Gasteiger partial charge < -0.3 is 0 Å². The van der Waals surface area contributed by atoms with Crippen molar-refractivity contribution in [2.45, 2.75) is 18.6 Å². The predicted molar refractivity (Wildman–Crippen MR) is 72.0 cm³/mol. The van der Waals surface area contributed by atoms with Crippen molar-refractivity contribution in [3.8, 4) is 0 Å². The molecule has 0 aliphatic carbocycles. The van der Waals surface area contributed by atoms with E-state index in [4.69, 9.17) is 11.6 Å². The Morgan fingerprint density at radius 2 is 1.94 bits per heavy atom. The van der Waals surface area contributed by atoms with Crippen LogP contribution in [-0.2, 0) is 11.6 Å². The van der Waals surface area contributed by atoms with Crippen LogP contribution in [0.15, 0.2) is 36.7 Å². The molecule has 0 unspecified atom stereocenters. The third kappa shape index (κ3) is 3.31. The number of halogens is 1. The molecular weight excluding hydrogens is 295 g/mol. The SMILES string of the molecule is CCc1c(Cl)ncnc1[As]Cc1ccccc1. The molecule has 0 saturated carbocycles. The van der Waals surface area contributed by atoms with Gasteiger partial charge in [0, 0.05) is 0 Å². The van der Waals surface area contributed by atoms with E-state index in [0.717, 1.165) is 21.7 Å². The van der Waals surface area contributed by atoms with Gasteiger partial charge in [-0.2, -0.15) is 0 Å². The van der Waals surface area contributed by atoms with E-state index < -0.39 is 0 Å². The second kappa shape index (κ2) is 6.18. The molecule has 0 amide bonds. The third-order valence-corrected chi connectivity index (χ3v) is 5.34. The molecular formula is C13H13AsClN2. The zero-order chi connectivity index (χ0) is 12.1. The van der Waals surface area contributed by atoms with Gasteiger partial charge in [0.2, 0.25) is 0 Å². The minimum absolute atomic E-state index is 0.0220. The molecule has 0 bridgehead atoms. The van der Waals surface area contributed by atoms with Crippen molar-refractivity contribution in [2.24, 2.45) is 0 Å². The van der Waals surface area contributed by atoms with E-state index in [1.165, 1.54) is 5.56 Å². The summed E-state index contributed by atoms with van der Waals surface area (Å²) < 4.78 is 1.16. The first-order valence-electron chi connectivity index (χ1n) is 5.52. The van der Waals surface area contributed by atoms with E-state index in [9.17, 15) is 0 Å². The first-order chi connectivity index (χ1) is 8.31. The molecule has 0 saturated heterocycles. The molecule has 0 spiro atoms. The van der Waals surface area contributed by atoms with E-state index >= 15 is 0 Å². The molecule has 4 heteroatoms. The molecule has 2 nitrogen and oxygen atoms in total. The molecule has 2 aromatic rings. The van der Waals surface area contributed by atoms with Crippen molar-refractivity contribution in [3.63, 3.8) is 0 Å². The molecule has 0 fully saturated rings. The summed E-state index contributed by atoms with van der Waals surface area (Å²) in [5, 5.41) is 1.69. The van der Waals surface area contributed by atoms with Gasteiger partial charge in [0.15, 0.2) is 0 Å². The molecule has 1 radical (unpaired) electrons. The Kier molecular flexibility index (Phi) is 4.58. The number of nitrogens with zero attached hydrogens (tertiary/aromatic N) is 2. The van der Waals surface area contributed by atoms with Crippen molar-refractivity contribution in [3.05, 3.63) is 52.9 Å². The molecule has 2 rings (SSSR count). The Hall–Kier alpha value is -0.852. The molecule has 0 atom stereocenters. The number of hydrogen-bond acceptors (Lipinski definition) is 2. The van der Waals surface area contributed by atoms with Crippen LogP contribution < -0.4 is 4.48 Å². The molecule has 0 aliphatic rings. The van der Waals surface area contributed by atoms with Crippen LogP contribution in [0.3, 0.4) is 0 Å². The molecule has 1 aromatic carbocycles. The number of aromatic nitrogens is 2. The van der Waals surface area contributed by atoms with Crippen LogP contribution in [-0.4, -0.2) is 25.7 Å². The van der Waals surface area contributed by atoms with Gasteiger partial charge >= 0.3 is 113 Å². The average molecular weight is 308 g/mol. The van der Waals surface area contributed by atoms with E-state index in [-0.39, 0.29) is 15.8 Å². The van der Waals surface area contributed by atoms with Crippen molar-refractivity contribution < 1.29 is 0 Å². The second-order valence-electron chi connectivity index (χ2n) is 3.62. The van der Waals surface area contributed by atoms with Gasteiger partial charge in [-0.05, 0) is 0 Å². The summed E-state index contributed by atoms with van der Waals surface area (Å²) in [5.41, 5.74) is 2.48. The number of benzene rings is 1. The molecule has 87 valence electrons. The van der Waals surface area contributed by atoms with E-state index in [1.807, 2.05) is 6.07 Å². The minimum atomic E-state index is 0.0220. The number of hydrogen-bond donors (Lipinski definition) is 0. The second-order valence-corrected chi connectivity index (χ2v) is 6.20. The van der Waals surface area contributed by atoms with Gasteiger partial charge in [0.05, 0.1) is 0 Å². The van der Waals surface area contributed by atoms with Crippen molar-refractivity contribution in [1.29, 1.82) is 0 Å². The molecule has 17 heavy (non-hydrogen) atoms. The molecule has 0 N–H and O–H groups in total.